The van der Waals surface area contributed by atoms with E-state index in [0.29, 0.717) is 19.7 Å². The van der Waals surface area contributed by atoms with Crippen molar-refractivity contribution in [3.63, 3.8) is 0 Å². The topological polar surface area (TPSA) is 87.9 Å². The number of alkyl halides is 4. The molecule has 1 saturated heterocycles. The van der Waals surface area contributed by atoms with Crippen LogP contribution in [0.5, 0.6) is 5.75 Å². The van der Waals surface area contributed by atoms with Crippen LogP contribution in [0.25, 0.3) is 0 Å². The summed E-state index contributed by atoms with van der Waals surface area (Å²) in [7, 11) is 0. The summed E-state index contributed by atoms with van der Waals surface area (Å²) in [5, 5.41) is 15.1. The number of nitrogens with zero attached hydrogens (tertiary/aromatic N) is 4. The van der Waals surface area contributed by atoms with Crippen LogP contribution < -0.4 is 23.2 Å². The van der Waals surface area contributed by atoms with Gasteiger partial charge in [-0.25, -0.2) is 0 Å². The molecule has 9 heteroatoms. The minimum absolute atomic E-state index is 0.140. The van der Waals surface area contributed by atoms with Gasteiger partial charge in [0, 0.05) is 18.8 Å². The Morgan fingerprint density at radius 1 is 1.20 bits per heavy atom. The van der Waals surface area contributed by atoms with Crippen molar-refractivity contribution < 1.29 is 37.9 Å². The second-order valence-electron chi connectivity index (χ2n) is 13.0. The molecule has 1 unspecified atom stereocenters. The van der Waals surface area contributed by atoms with Crippen molar-refractivity contribution in [1.29, 1.82) is 0 Å². The molecule has 1 aromatic heterocycles. The summed E-state index contributed by atoms with van der Waals surface area (Å²) in [4.78, 5) is 38.6. The SMILES string of the molecule is CCCCN(CCCC[I-](C)(C)C)C(=O)CN1C[C@H](c2ccc3c(c2)CCO3)[C@@H](C(=O)O)C12C[C@H]2Cn1cccn1. The molecule has 1 N–H and O–H groups in total. The molecule has 5 rings (SSSR count). The zero-order chi connectivity index (χ0) is 29.2. The van der Waals surface area contributed by atoms with Crippen LogP contribution in [0.4, 0.5) is 0 Å². The number of unbranched alkanes of at least 4 members (excludes halogenated alkanes) is 2. The predicted octanol–water partition coefficient (Wildman–Crippen LogP) is 0.836. The van der Waals surface area contributed by atoms with E-state index in [4.69, 9.17) is 4.74 Å². The molecule has 41 heavy (non-hydrogen) atoms. The number of carboxylic acids is 1. The van der Waals surface area contributed by atoms with Crippen molar-refractivity contribution >= 4 is 11.9 Å². The summed E-state index contributed by atoms with van der Waals surface area (Å²) < 4.78 is 8.95. The minimum Gasteiger partial charge on any atom is -0.182 e. The first kappa shape index (κ1) is 30.3. The Balaban J connectivity index is 1.38. The first-order chi connectivity index (χ1) is 19.6. The normalized spacial score (nSPS) is 25.7. The molecule has 0 bridgehead atoms. The average molecular weight is 680 g/mol. The van der Waals surface area contributed by atoms with Crippen molar-refractivity contribution in [2.75, 3.05) is 52.0 Å². The van der Waals surface area contributed by atoms with Gasteiger partial charge in [0.25, 0.3) is 0 Å². The third-order valence-corrected chi connectivity index (χ3v) is 13.3. The Kier molecular flexibility index (Phi) is 9.33. The Hall–Kier alpha value is -2.14. The Bertz CT molecular complexity index is 1210. The smallest absolute Gasteiger partial charge is 0.182 e. The zero-order valence-corrected chi connectivity index (χ0v) is 27.4. The molecule has 4 atom stereocenters. The third kappa shape index (κ3) is 6.76. The standard InChI is InChI=1S/C32H48IN4O4/c1-5-6-15-35(16-8-7-13-33(2,3)4)29(38)23-36-22-27(24-10-11-28-25(19-24)12-18-41-28)30(31(39)40)32(36)20-26(32)21-37-17-9-14-34-37/h9-11,14,17,19,26-27,30H,5-8,12-13,15-16,18,20-23H2,1-4H3,(H,39,40)/q-1/t26-,27+,30-,32?/m0/s1. The van der Waals surface area contributed by atoms with Crippen molar-refractivity contribution in [3.05, 3.63) is 47.8 Å². The number of aliphatic carboxylic acids is 1. The molecule has 3 heterocycles. The molecule has 3 aliphatic rings. The van der Waals surface area contributed by atoms with Gasteiger partial charge in [0.2, 0.25) is 0 Å². The van der Waals surface area contributed by atoms with Gasteiger partial charge in [-0.2, -0.15) is 5.10 Å². The van der Waals surface area contributed by atoms with E-state index in [9.17, 15) is 14.7 Å². The first-order valence-corrected chi connectivity index (χ1v) is 23.2. The summed E-state index contributed by atoms with van der Waals surface area (Å²) in [5.74, 6) is -0.313. The minimum atomic E-state index is -1.52. The van der Waals surface area contributed by atoms with Gasteiger partial charge in [-0.15, -0.1) is 0 Å². The van der Waals surface area contributed by atoms with Gasteiger partial charge in [0.15, 0.2) is 0 Å². The average Bonchev–Trinajstić information content (AvgIpc) is 3.31. The maximum atomic E-state index is 13.9. The molecule has 1 amide bonds. The number of aromatic nitrogens is 2. The molecule has 1 aliphatic carbocycles. The monoisotopic (exact) mass is 679 g/mol. The van der Waals surface area contributed by atoms with Crippen LogP contribution in [0, 0.1) is 11.8 Å². The molecule has 228 valence electrons. The number of halogens is 1. The Morgan fingerprint density at radius 2 is 2.00 bits per heavy atom. The number of hydrogen-bond acceptors (Lipinski definition) is 5. The number of likely N-dealkylation sites (tertiary alicyclic amines) is 1. The van der Waals surface area contributed by atoms with Gasteiger partial charge in [-0.3, -0.25) is 0 Å². The molecule has 1 aromatic carbocycles. The van der Waals surface area contributed by atoms with Crippen LogP contribution in [0.2, 0.25) is 0 Å². The zero-order valence-electron chi connectivity index (χ0n) is 25.2. The van der Waals surface area contributed by atoms with Crippen molar-refractivity contribution in [2.45, 2.75) is 63.5 Å². The van der Waals surface area contributed by atoms with Gasteiger partial charge >= 0.3 is 191 Å². The van der Waals surface area contributed by atoms with Crippen LogP contribution in [-0.2, 0) is 22.6 Å². The third-order valence-electron chi connectivity index (χ3n) is 9.28. The summed E-state index contributed by atoms with van der Waals surface area (Å²) in [6.45, 7) is 5.95. The van der Waals surface area contributed by atoms with E-state index in [1.165, 1.54) is 10.8 Å². The fourth-order valence-electron chi connectivity index (χ4n) is 7.12. The fraction of sp³-hybridized carbons (Fsp3) is 0.656. The summed E-state index contributed by atoms with van der Waals surface area (Å²) in [5.41, 5.74) is 1.67. The Labute approximate surface area is 249 Å². The van der Waals surface area contributed by atoms with Crippen LogP contribution in [-0.4, -0.2) is 94.1 Å². The van der Waals surface area contributed by atoms with E-state index < -0.39 is 35.9 Å². The van der Waals surface area contributed by atoms with E-state index in [1.807, 2.05) is 29.1 Å². The van der Waals surface area contributed by atoms with Crippen LogP contribution in [0.15, 0.2) is 36.7 Å². The number of benzene rings is 1. The molecular weight excluding hydrogens is 631 g/mol. The van der Waals surface area contributed by atoms with E-state index in [0.717, 1.165) is 62.1 Å². The number of amides is 1. The molecule has 2 aliphatic heterocycles. The molecule has 0 radical (unpaired) electrons. The fourth-order valence-corrected chi connectivity index (χ4v) is 9.95. The molecule has 2 aromatic rings. The molecule has 1 spiro atoms. The second kappa shape index (κ2) is 12.6. The molecule has 1 saturated carbocycles. The van der Waals surface area contributed by atoms with Gasteiger partial charge < -0.3 is 4.74 Å². The van der Waals surface area contributed by atoms with Crippen molar-refractivity contribution in [3.8, 4) is 5.75 Å². The molecular formula is C32H48IN4O4-. The van der Waals surface area contributed by atoms with Crippen LogP contribution >= 0.6 is 0 Å². The van der Waals surface area contributed by atoms with E-state index in [1.54, 1.807) is 6.20 Å². The quantitative estimate of drug-likeness (QED) is 0.181. The summed E-state index contributed by atoms with van der Waals surface area (Å²) in [6, 6.07) is 8.10. The maximum absolute atomic E-state index is 13.9. The summed E-state index contributed by atoms with van der Waals surface area (Å²) in [6.07, 6.45) is 9.60. The van der Waals surface area contributed by atoms with Crippen LogP contribution in [0.3, 0.4) is 0 Å². The van der Waals surface area contributed by atoms with Gasteiger partial charge in [0.05, 0.1) is 6.61 Å². The van der Waals surface area contributed by atoms with Crippen LogP contribution in [0.1, 0.15) is 56.1 Å². The van der Waals surface area contributed by atoms with E-state index in [2.05, 4.69) is 42.7 Å². The van der Waals surface area contributed by atoms with E-state index in [-0.39, 0.29) is 24.3 Å². The predicted molar refractivity (Wildman–Crippen MR) is 158 cm³/mol. The number of carboxylic acid groups (broad SMARTS) is 1. The number of ether oxygens (including phenoxy) is 1. The molecule has 8 nitrogen and oxygen atoms in total. The first-order valence-electron chi connectivity index (χ1n) is 15.2. The summed E-state index contributed by atoms with van der Waals surface area (Å²) >= 11 is -1.52. The number of hydrogen-bond donors (Lipinski definition) is 1. The van der Waals surface area contributed by atoms with Gasteiger partial charge in [-0.05, 0) is 17.7 Å². The van der Waals surface area contributed by atoms with Crippen molar-refractivity contribution in [1.82, 2.24) is 19.6 Å². The van der Waals surface area contributed by atoms with Gasteiger partial charge in [0.1, 0.15) is 5.75 Å². The molecule has 2 fully saturated rings. The number of carbonyl (C=O) groups is 2. The number of fused-ring (bicyclic) bond motifs is 1. The van der Waals surface area contributed by atoms with Crippen molar-refractivity contribution in [2.24, 2.45) is 11.8 Å². The number of rotatable bonds is 14. The van der Waals surface area contributed by atoms with E-state index >= 15 is 0 Å². The van der Waals surface area contributed by atoms with Gasteiger partial charge in [-0.1, -0.05) is 0 Å². The number of carbonyl (C=O) groups excluding carboxylic acids is 1. The Morgan fingerprint density at radius 3 is 2.71 bits per heavy atom. The second-order valence-corrected chi connectivity index (χ2v) is 25.1.